The summed E-state index contributed by atoms with van der Waals surface area (Å²) in [6.45, 7) is 3.44. The minimum atomic E-state index is -0.475. The molecule has 0 bridgehead atoms. The van der Waals surface area contributed by atoms with E-state index in [1.807, 2.05) is 6.07 Å². The Bertz CT molecular complexity index is 808. The fraction of sp³-hybridized carbons (Fsp3) is 0.176. The second-order valence-corrected chi connectivity index (χ2v) is 5.19. The molecule has 0 aliphatic rings. The van der Waals surface area contributed by atoms with Gasteiger partial charge in [-0.2, -0.15) is 5.26 Å². The number of furan rings is 1. The van der Waals surface area contributed by atoms with Gasteiger partial charge >= 0.3 is 0 Å². The minimum Gasteiger partial charge on any atom is -0.457 e. The molecule has 116 valence electrons. The van der Waals surface area contributed by atoms with Gasteiger partial charge in [0.05, 0.1) is 10.5 Å². The van der Waals surface area contributed by atoms with E-state index in [0.29, 0.717) is 17.1 Å². The number of nitrogens with zero attached hydrogens (tertiary/aromatic N) is 2. The van der Waals surface area contributed by atoms with Gasteiger partial charge in [-0.15, -0.1) is 0 Å². The molecule has 6 nitrogen and oxygen atoms in total. The van der Waals surface area contributed by atoms with E-state index in [4.69, 9.17) is 9.68 Å². The largest absolute Gasteiger partial charge is 0.457 e. The van der Waals surface area contributed by atoms with E-state index in [9.17, 15) is 14.9 Å². The lowest BCUT2D eigenvalue weighted by Gasteiger charge is -2.00. The molecule has 6 heteroatoms. The summed E-state index contributed by atoms with van der Waals surface area (Å²) < 4.78 is 5.58. The van der Waals surface area contributed by atoms with Crippen LogP contribution in [-0.4, -0.2) is 10.7 Å². The first-order chi connectivity index (χ1) is 10.9. The number of rotatable bonds is 5. The lowest BCUT2D eigenvalue weighted by molar-refractivity contribution is -0.384. The Morgan fingerprint density at radius 3 is 2.43 bits per heavy atom. The maximum Gasteiger partial charge on any atom is 0.269 e. The summed E-state index contributed by atoms with van der Waals surface area (Å²) in [6.07, 6.45) is 1.40. The van der Waals surface area contributed by atoms with Crippen molar-refractivity contribution in [1.29, 1.82) is 5.26 Å². The summed E-state index contributed by atoms with van der Waals surface area (Å²) in [5.74, 6) is 0.357. The molecule has 0 N–H and O–H groups in total. The quantitative estimate of drug-likeness (QED) is 0.360. The number of carbonyl (C=O) groups excluding carboxylic acids is 1. The number of benzene rings is 1. The number of nitriles is 1. The van der Waals surface area contributed by atoms with E-state index in [0.717, 1.165) is 0 Å². The van der Waals surface area contributed by atoms with Crippen LogP contribution in [0.5, 0.6) is 0 Å². The van der Waals surface area contributed by atoms with Crippen LogP contribution in [-0.2, 0) is 4.79 Å². The normalized spacial score (nSPS) is 11.3. The Labute approximate surface area is 132 Å². The number of hydrogen-bond acceptors (Lipinski definition) is 5. The van der Waals surface area contributed by atoms with Gasteiger partial charge in [0.15, 0.2) is 5.78 Å². The van der Waals surface area contributed by atoms with Crippen molar-refractivity contribution in [3.05, 3.63) is 57.8 Å². The van der Waals surface area contributed by atoms with Crippen molar-refractivity contribution < 1.29 is 14.1 Å². The van der Waals surface area contributed by atoms with Gasteiger partial charge in [0.25, 0.3) is 5.69 Å². The number of hydrogen-bond donors (Lipinski definition) is 0. The predicted molar refractivity (Wildman–Crippen MR) is 84.2 cm³/mol. The van der Waals surface area contributed by atoms with Crippen molar-refractivity contribution in [2.75, 3.05) is 0 Å². The van der Waals surface area contributed by atoms with Crippen molar-refractivity contribution in [3.8, 4) is 17.4 Å². The minimum absolute atomic E-state index is 0.00489. The number of carbonyl (C=O) groups is 1. The molecule has 2 rings (SSSR count). The second-order valence-electron chi connectivity index (χ2n) is 5.19. The molecule has 1 aromatic carbocycles. The van der Waals surface area contributed by atoms with Crippen LogP contribution in [0.25, 0.3) is 17.4 Å². The number of nitro benzene ring substituents is 1. The molecular weight excluding hydrogens is 296 g/mol. The molecule has 0 saturated carbocycles. The van der Waals surface area contributed by atoms with Gasteiger partial charge in [0.2, 0.25) is 0 Å². The van der Waals surface area contributed by atoms with Crippen molar-refractivity contribution >= 4 is 17.5 Å². The molecule has 23 heavy (non-hydrogen) atoms. The fourth-order valence-electron chi connectivity index (χ4n) is 1.94. The highest BCUT2D eigenvalue weighted by molar-refractivity contribution is 6.04. The highest BCUT2D eigenvalue weighted by atomic mass is 16.6. The summed E-state index contributed by atoms with van der Waals surface area (Å²) in [5.41, 5.74) is 0.697. The van der Waals surface area contributed by atoms with Crippen molar-refractivity contribution in [2.45, 2.75) is 13.8 Å². The third-order valence-corrected chi connectivity index (χ3v) is 3.19. The molecule has 1 heterocycles. The average Bonchev–Trinajstić information content (AvgIpc) is 3.00. The molecule has 2 aromatic rings. The zero-order valence-electron chi connectivity index (χ0n) is 12.6. The number of nitro groups is 1. The molecule has 0 radical (unpaired) electrons. The highest BCUT2D eigenvalue weighted by Crippen LogP contribution is 2.25. The van der Waals surface area contributed by atoms with Crippen LogP contribution < -0.4 is 0 Å². The second kappa shape index (κ2) is 6.71. The van der Waals surface area contributed by atoms with Crippen LogP contribution in [0.1, 0.15) is 19.6 Å². The molecule has 1 aromatic heterocycles. The van der Waals surface area contributed by atoms with Crippen LogP contribution in [0, 0.1) is 27.4 Å². The molecular formula is C17H14N2O4. The van der Waals surface area contributed by atoms with E-state index in [2.05, 4.69) is 0 Å². The summed E-state index contributed by atoms with van der Waals surface area (Å²) >= 11 is 0. The van der Waals surface area contributed by atoms with Crippen LogP contribution in [0.2, 0.25) is 0 Å². The van der Waals surface area contributed by atoms with Gasteiger partial charge in [-0.1, -0.05) is 13.8 Å². The first-order valence-corrected chi connectivity index (χ1v) is 6.93. The Morgan fingerprint density at radius 2 is 1.91 bits per heavy atom. The number of Topliss-reactive ketones (excluding diaryl/α,β-unsaturated/α-hetero) is 1. The molecule has 0 fully saturated rings. The van der Waals surface area contributed by atoms with Gasteiger partial charge in [-0.25, -0.2) is 0 Å². The first-order valence-electron chi connectivity index (χ1n) is 6.93. The van der Waals surface area contributed by atoms with Crippen molar-refractivity contribution in [3.63, 3.8) is 0 Å². The van der Waals surface area contributed by atoms with E-state index in [-0.39, 0.29) is 23.0 Å². The Balaban J connectivity index is 2.28. The molecule has 0 aliphatic heterocycles. The topological polar surface area (TPSA) is 97.1 Å². The summed E-state index contributed by atoms with van der Waals surface area (Å²) in [4.78, 5) is 22.0. The van der Waals surface area contributed by atoms with Crippen LogP contribution in [0.3, 0.4) is 0 Å². The Kier molecular flexibility index (Phi) is 4.72. The third-order valence-electron chi connectivity index (χ3n) is 3.19. The van der Waals surface area contributed by atoms with Gasteiger partial charge < -0.3 is 4.42 Å². The van der Waals surface area contributed by atoms with Gasteiger partial charge in [-0.05, 0) is 24.3 Å². The summed E-state index contributed by atoms with van der Waals surface area (Å²) in [6, 6.07) is 11.1. The lowest BCUT2D eigenvalue weighted by Crippen LogP contribution is -2.08. The van der Waals surface area contributed by atoms with Crippen LogP contribution in [0.4, 0.5) is 5.69 Å². The van der Waals surface area contributed by atoms with Crippen molar-refractivity contribution in [2.24, 2.45) is 5.92 Å². The Hall–Kier alpha value is -3.20. The maximum atomic E-state index is 11.9. The monoisotopic (exact) mass is 310 g/mol. The molecule has 0 saturated heterocycles. The molecule has 0 unspecified atom stereocenters. The van der Waals surface area contributed by atoms with Gasteiger partial charge in [0, 0.05) is 29.7 Å². The van der Waals surface area contributed by atoms with E-state index in [1.54, 1.807) is 38.1 Å². The smallest absolute Gasteiger partial charge is 0.269 e. The lowest BCUT2D eigenvalue weighted by atomic mass is 10.0. The number of allylic oxidation sites excluding steroid dienone is 1. The maximum absolute atomic E-state index is 11.9. The van der Waals surface area contributed by atoms with Gasteiger partial charge in [-0.3, -0.25) is 14.9 Å². The van der Waals surface area contributed by atoms with Crippen LogP contribution >= 0.6 is 0 Å². The SMILES string of the molecule is CC(C)C(=O)C(C#N)=Cc1ccc(-c2ccc([N+](=O)[O-])cc2)o1. The average molecular weight is 310 g/mol. The molecule has 0 aliphatic carbocycles. The highest BCUT2D eigenvalue weighted by Gasteiger charge is 2.14. The number of ketones is 1. The standard InChI is InChI=1S/C17H14N2O4/c1-11(2)17(20)13(10-18)9-15-7-8-16(23-15)12-3-5-14(6-4-12)19(21)22/h3-9,11H,1-2H3. The number of non-ortho nitro benzene ring substituents is 1. The van der Waals surface area contributed by atoms with Crippen LogP contribution in [0.15, 0.2) is 46.4 Å². The molecule has 0 spiro atoms. The third kappa shape index (κ3) is 3.71. The van der Waals surface area contributed by atoms with E-state index in [1.165, 1.54) is 18.2 Å². The van der Waals surface area contributed by atoms with E-state index < -0.39 is 4.92 Å². The summed E-state index contributed by atoms with van der Waals surface area (Å²) in [5, 5.41) is 19.7. The Morgan fingerprint density at radius 1 is 1.26 bits per heavy atom. The fourth-order valence-corrected chi connectivity index (χ4v) is 1.94. The molecule has 0 atom stereocenters. The summed E-state index contributed by atoms with van der Waals surface area (Å²) in [7, 11) is 0. The van der Waals surface area contributed by atoms with Gasteiger partial charge in [0.1, 0.15) is 17.6 Å². The first kappa shape index (κ1) is 16.2. The van der Waals surface area contributed by atoms with E-state index >= 15 is 0 Å². The zero-order valence-corrected chi connectivity index (χ0v) is 12.6. The predicted octanol–water partition coefficient (Wildman–Crippen LogP) is 3.99. The zero-order chi connectivity index (χ0) is 17.0. The molecule has 0 amide bonds. The van der Waals surface area contributed by atoms with Crippen molar-refractivity contribution in [1.82, 2.24) is 0 Å².